The van der Waals surface area contributed by atoms with Gasteiger partial charge in [-0.05, 0) is 44.0 Å². The van der Waals surface area contributed by atoms with Gasteiger partial charge < -0.3 is 10.3 Å². The second-order valence-electron chi connectivity index (χ2n) is 6.46. The zero-order chi connectivity index (χ0) is 18.8. The number of aromatic amines is 2. The third kappa shape index (κ3) is 3.55. The highest BCUT2D eigenvalue weighted by atomic mass is 16.2. The van der Waals surface area contributed by atoms with Gasteiger partial charge in [0.2, 0.25) is 0 Å². The molecule has 0 fully saturated rings. The number of carbonyl (C=O) groups is 1. The first-order valence-electron chi connectivity index (χ1n) is 8.69. The second-order valence-corrected chi connectivity index (χ2v) is 6.46. The van der Waals surface area contributed by atoms with Crippen molar-refractivity contribution in [3.05, 3.63) is 53.8 Å². The van der Waals surface area contributed by atoms with Gasteiger partial charge in [0.05, 0.1) is 5.52 Å². The number of aryl methyl sites for hydroxylation is 1. The van der Waals surface area contributed by atoms with E-state index in [0.29, 0.717) is 17.7 Å². The molecule has 0 spiro atoms. The van der Waals surface area contributed by atoms with Crippen LogP contribution in [0.5, 0.6) is 0 Å². The molecule has 0 aliphatic carbocycles. The van der Waals surface area contributed by atoms with Gasteiger partial charge in [-0.25, -0.2) is 15.0 Å². The van der Waals surface area contributed by atoms with Crippen molar-refractivity contribution >= 4 is 34.2 Å². The molecular formula is C19H19N7O. The molecule has 0 saturated heterocycles. The van der Waals surface area contributed by atoms with E-state index in [0.717, 1.165) is 22.2 Å². The predicted molar refractivity (Wildman–Crippen MR) is 103 cm³/mol. The maximum atomic E-state index is 12.3. The molecule has 4 heterocycles. The monoisotopic (exact) mass is 361 g/mol. The number of hydrogen-bond acceptors (Lipinski definition) is 5. The number of imidazole rings is 1. The highest BCUT2D eigenvalue weighted by Crippen LogP contribution is 2.15. The fraction of sp³-hybridized carbons (Fsp3) is 0.211. The zero-order valence-corrected chi connectivity index (χ0v) is 15.0. The molecule has 0 radical (unpaired) electrons. The molecule has 0 unspecified atom stereocenters. The van der Waals surface area contributed by atoms with Gasteiger partial charge in [0.15, 0.2) is 17.1 Å². The summed E-state index contributed by atoms with van der Waals surface area (Å²) >= 11 is 0. The van der Waals surface area contributed by atoms with E-state index < -0.39 is 0 Å². The van der Waals surface area contributed by atoms with Crippen LogP contribution >= 0.6 is 0 Å². The van der Waals surface area contributed by atoms with Crippen LogP contribution in [-0.4, -0.2) is 42.1 Å². The molecule has 0 aliphatic heterocycles. The van der Waals surface area contributed by atoms with Crippen molar-refractivity contribution in [3.8, 4) is 0 Å². The number of fused-ring (bicyclic) bond motifs is 2. The van der Waals surface area contributed by atoms with Gasteiger partial charge in [0, 0.05) is 29.5 Å². The highest BCUT2D eigenvalue weighted by molar-refractivity contribution is 5.93. The fourth-order valence-corrected chi connectivity index (χ4v) is 2.84. The van der Waals surface area contributed by atoms with Crippen molar-refractivity contribution < 1.29 is 4.79 Å². The summed E-state index contributed by atoms with van der Waals surface area (Å²) in [5.41, 5.74) is 3.98. The standard InChI is InChI=1S/C19H19N7O/c1-11(22-19(27)18-23-15-7-4-8-20-17(15)24-18)5-3-6-13-9-14-12(2)25-26-16(14)21-10-13/h3-4,6-11H,5H2,1-2H3,(H,22,27)(H,20,23,24)(H,21,25,26)/b6-3+/t11-/m0/s1. The Morgan fingerprint density at radius 1 is 1.33 bits per heavy atom. The number of carbonyl (C=O) groups excluding carboxylic acids is 1. The summed E-state index contributed by atoms with van der Waals surface area (Å²) in [6, 6.07) is 5.64. The first-order chi connectivity index (χ1) is 13.1. The molecule has 4 rings (SSSR count). The lowest BCUT2D eigenvalue weighted by atomic mass is 10.1. The van der Waals surface area contributed by atoms with Crippen LogP contribution in [0.15, 0.2) is 36.7 Å². The van der Waals surface area contributed by atoms with Crippen molar-refractivity contribution in [1.82, 2.24) is 35.5 Å². The maximum absolute atomic E-state index is 12.3. The van der Waals surface area contributed by atoms with E-state index in [2.05, 4.69) is 35.5 Å². The summed E-state index contributed by atoms with van der Waals surface area (Å²) in [6.07, 6.45) is 8.13. The van der Waals surface area contributed by atoms with E-state index in [-0.39, 0.29) is 17.8 Å². The molecule has 8 nitrogen and oxygen atoms in total. The number of nitrogens with one attached hydrogen (secondary N) is 3. The maximum Gasteiger partial charge on any atom is 0.287 e. The number of amides is 1. The van der Waals surface area contributed by atoms with E-state index in [4.69, 9.17) is 0 Å². The number of nitrogens with zero attached hydrogens (tertiary/aromatic N) is 4. The van der Waals surface area contributed by atoms with E-state index in [1.54, 1.807) is 18.5 Å². The smallest absolute Gasteiger partial charge is 0.287 e. The van der Waals surface area contributed by atoms with Gasteiger partial charge >= 0.3 is 0 Å². The number of rotatable bonds is 5. The van der Waals surface area contributed by atoms with Crippen LogP contribution in [0.25, 0.3) is 28.3 Å². The topological polar surface area (TPSA) is 112 Å². The zero-order valence-electron chi connectivity index (χ0n) is 15.0. The van der Waals surface area contributed by atoms with Crippen LogP contribution in [0.4, 0.5) is 0 Å². The summed E-state index contributed by atoms with van der Waals surface area (Å²) in [6.45, 7) is 3.92. The molecule has 8 heteroatoms. The largest absolute Gasteiger partial charge is 0.347 e. The van der Waals surface area contributed by atoms with Crippen LogP contribution in [-0.2, 0) is 0 Å². The Balaban J connectivity index is 1.38. The number of H-pyrrole nitrogens is 2. The third-order valence-corrected chi connectivity index (χ3v) is 4.27. The van der Waals surface area contributed by atoms with Crippen molar-refractivity contribution in [2.75, 3.05) is 0 Å². The van der Waals surface area contributed by atoms with E-state index in [1.807, 2.05) is 38.1 Å². The van der Waals surface area contributed by atoms with Crippen LogP contribution in [0, 0.1) is 6.92 Å². The molecule has 0 aromatic carbocycles. The highest BCUT2D eigenvalue weighted by Gasteiger charge is 2.13. The summed E-state index contributed by atoms with van der Waals surface area (Å²) in [5.74, 6) is 0.0237. The Morgan fingerprint density at radius 2 is 2.22 bits per heavy atom. The predicted octanol–water partition coefficient (Wildman–Crippen LogP) is 2.76. The van der Waals surface area contributed by atoms with Gasteiger partial charge in [-0.3, -0.25) is 9.89 Å². The van der Waals surface area contributed by atoms with Crippen LogP contribution < -0.4 is 5.32 Å². The van der Waals surface area contributed by atoms with Gasteiger partial charge in [-0.1, -0.05) is 12.2 Å². The molecule has 0 saturated carbocycles. The quantitative estimate of drug-likeness (QED) is 0.506. The van der Waals surface area contributed by atoms with Gasteiger partial charge in [-0.2, -0.15) is 5.10 Å². The van der Waals surface area contributed by atoms with Crippen molar-refractivity contribution in [3.63, 3.8) is 0 Å². The molecule has 0 bridgehead atoms. The Bertz CT molecular complexity index is 1110. The molecule has 1 amide bonds. The normalized spacial score (nSPS) is 12.8. The minimum atomic E-state index is -0.244. The summed E-state index contributed by atoms with van der Waals surface area (Å²) in [5, 5.41) is 11.0. The second kappa shape index (κ2) is 6.99. The van der Waals surface area contributed by atoms with Crippen molar-refractivity contribution in [2.24, 2.45) is 0 Å². The van der Waals surface area contributed by atoms with E-state index in [1.165, 1.54) is 0 Å². The number of aromatic nitrogens is 6. The Labute approximate surface area is 155 Å². The molecule has 4 aromatic heterocycles. The first kappa shape index (κ1) is 16.9. The van der Waals surface area contributed by atoms with E-state index >= 15 is 0 Å². The number of pyridine rings is 2. The lowest BCUT2D eigenvalue weighted by Gasteiger charge is -2.10. The van der Waals surface area contributed by atoms with Crippen LogP contribution in [0.2, 0.25) is 0 Å². The summed E-state index contributed by atoms with van der Waals surface area (Å²) in [4.78, 5) is 28.0. The Hall–Kier alpha value is -3.55. The summed E-state index contributed by atoms with van der Waals surface area (Å²) in [7, 11) is 0. The molecule has 0 aliphatic rings. The van der Waals surface area contributed by atoms with Crippen LogP contribution in [0.3, 0.4) is 0 Å². The SMILES string of the molecule is Cc1[nH]nc2ncc(/C=C/C[C@H](C)NC(=O)c3nc4ncccc4[nH]3)cc12. The minimum absolute atomic E-state index is 0.0396. The minimum Gasteiger partial charge on any atom is -0.347 e. The van der Waals surface area contributed by atoms with Crippen LogP contribution in [0.1, 0.15) is 35.2 Å². The fourth-order valence-electron chi connectivity index (χ4n) is 2.84. The molecule has 4 aromatic rings. The van der Waals surface area contributed by atoms with E-state index in [9.17, 15) is 4.79 Å². The third-order valence-electron chi connectivity index (χ3n) is 4.27. The lowest BCUT2D eigenvalue weighted by Crippen LogP contribution is -2.32. The lowest BCUT2D eigenvalue weighted by molar-refractivity contribution is 0.0931. The number of hydrogen-bond donors (Lipinski definition) is 3. The van der Waals surface area contributed by atoms with Gasteiger partial charge in [0.25, 0.3) is 5.91 Å². The van der Waals surface area contributed by atoms with Gasteiger partial charge in [-0.15, -0.1) is 0 Å². The van der Waals surface area contributed by atoms with Crippen molar-refractivity contribution in [1.29, 1.82) is 0 Å². The average molecular weight is 361 g/mol. The molecule has 27 heavy (non-hydrogen) atoms. The van der Waals surface area contributed by atoms with Gasteiger partial charge in [0.1, 0.15) is 0 Å². The molecular weight excluding hydrogens is 342 g/mol. The Kier molecular flexibility index (Phi) is 4.37. The Morgan fingerprint density at radius 3 is 3.07 bits per heavy atom. The molecule has 136 valence electrons. The summed E-state index contributed by atoms with van der Waals surface area (Å²) < 4.78 is 0. The molecule has 1 atom stereocenters. The van der Waals surface area contributed by atoms with Crippen molar-refractivity contribution in [2.45, 2.75) is 26.3 Å². The first-order valence-corrected chi connectivity index (χ1v) is 8.69. The molecule has 3 N–H and O–H groups in total. The average Bonchev–Trinajstić information content (AvgIpc) is 3.26.